The zero-order valence-corrected chi connectivity index (χ0v) is 6.23. The predicted octanol–water partition coefficient (Wildman–Crippen LogP) is -1.49. The lowest BCUT2D eigenvalue weighted by atomic mass is 10.00. The Morgan fingerprint density at radius 3 is 1.44 bits per heavy atom. The van der Waals surface area contributed by atoms with Gasteiger partial charge in [0.2, 0.25) is 0 Å². The number of likely N-dealkylation sites (N-methyl/N-ethyl adjacent to an activating group) is 1. The Morgan fingerprint density at radius 1 is 1.11 bits per heavy atom. The molecule has 1 atom stereocenters. The van der Waals surface area contributed by atoms with Crippen molar-refractivity contribution < 1.29 is 0 Å². The molecule has 0 spiro atoms. The summed E-state index contributed by atoms with van der Waals surface area (Å²) in [7, 11) is 1.72. The van der Waals surface area contributed by atoms with Gasteiger partial charge >= 0.3 is 0 Å². The van der Waals surface area contributed by atoms with Gasteiger partial charge in [-0.1, -0.05) is 0 Å². The molecular formula is C5H16N4. The van der Waals surface area contributed by atoms with Crippen LogP contribution in [0.15, 0.2) is 0 Å². The lowest BCUT2D eigenvalue weighted by molar-refractivity contribution is 0.229. The topological polar surface area (TPSA) is 90.1 Å². The van der Waals surface area contributed by atoms with Crippen LogP contribution in [0.4, 0.5) is 0 Å². The van der Waals surface area contributed by atoms with Gasteiger partial charge in [-0.15, -0.1) is 0 Å². The average Bonchev–Trinajstić information content (AvgIpc) is 1.64. The van der Waals surface area contributed by atoms with Crippen LogP contribution in [0.25, 0.3) is 0 Å². The molecule has 0 rings (SSSR count). The van der Waals surface area contributed by atoms with Gasteiger partial charge in [0, 0.05) is 0 Å². The Kier molecular flexibility index (Phi) is 2.19. The number of nitrogens with two attached hydrogens (primary N) is 3. The molecule has 0 aromatic rings. The van der Waals surface area contributed by atoms with Gasteiger partial charge in [-0.05, 0) is 20.9 Å². The molecule has 0 aliphatic heterocycles. The standard InChI is InChI=1S/C5H16N4/c1-4(6,7)5(2,8)9-3/h9H,6-8H2,1-3H3. The minimum Gasteiger partial charge on any atom is -0.311 e. The predicted molar refractivity (Wildman–Crippen MR) is 38.4 cm³/mol. The van der Waals surface area contributed by atoms with Crippen LogP contribution >= 0.6 is 0 Å². The smallest absolute Gasteiger partial charge is 0.0946 e. The monoisotopic (exact) mass is 132 g/mol. The second-order valence-electron chi connectivity index (χ2n) is 2.74. The second kappa shape index (κ2) is 2.22. The molecule has 56 valence electrons. The van der Waals surface area contributed by atoms with Crippen molar-refractivity contribution in [3.63, 3.8) is 0 Å². The molecule has 0 saturated heterocycles. The molecule has 0 heterocycles. The molecule has 7 N–H and O–H groups in total. The van der Waals surface area contributed by atoms with E-state index in [1.165, 1.54) is 0 Å². The zero-order valence-electron chi connectivity index (χ0n) is 6.23. The van der Waals surface area contributed by atoms with Crippen LogP contribution in [0, 0.1) is 0 Å². The number of nitrogens with one attached hydrogen (secondary N) is 1. The molecule has 0 bridgehead atoms. The van der Waals surface area contributed by atoms with E-state index in [-0.39, 0.29) is 0 Å². The van der Waals surface area contributed by atoms with Crippen LogP contribution in [0.5, 0.6) is 0 Å². The quantitative estimate of drug-likeness (QED) is 0.345. The van der Waals surface area contributed by atoms with E-state index in [1.54, 1.807) is 20.9 Å². The number of hydrogen-bond acceptors (Lipinski definition) is 4. The van der Waals surface area contributed by atoms with E-state index in [0.29, 0.717) is 0 Å². The molecule has 9 heavy (non-hydrogen) atoms. The summed E-state index contributed by atoms with van der Waals surface area (Å²) in [4.78, 5) is 0. The fourth-order valence-electron chi connectivity index (χ4n) is 0.269. The Labute approximate surface area is 55.8 Å². The van der Waals surface area contributed by atoms with E-state index < -0.39 is 11.3 Å². The first-order valence-electron chi connectivity index (χ1n) is 2.87. The van der Waals surface area contributed by atoms with Crippen LogP contribution in [-0.2, 0) is 0 Å². The third-order valence-electron chi connectivity index (χ3n) is 1.64. The first-order chi connectivity index (χ1) is 3.81. The van der Waals surface area contributed by atoms with Crippen LogP contribution < -0.4 is 22.5 Å². The van der Waals surface area contributed by atoms with Crippen LogP contribution in [0.3, 0.4) is 0 Å². The zero-order chi connectivity index (χ0) is 7.71. The van der Waals surface area contributed by atoms with E-state index in [0.717, 1.165) is 0 Å². The Balaban J connectivity index is 4.14. The first-order valence-corrected chi connectivity index (χ1v) is 2.87. The minimum atomic E-state index is -0.887. The third-order valence-corrected chi connectivity index (χ3v) is 1.64. The van der Waals surface area contributed by atoms with Crippen LogP contribution in [0.1, 0.15) is 13.8 Å². The molecule has 4 heteroatoms. The van der Waals surface area contributed by atoms with Gasteiger partial charge < -0.3 is 22.5 Å². The fourth-order valence-corrected chi connectivity index (χ4v) is 0.269. The maximum atomic E-state index is 5.63. The Morgan fingerprint density at radius 2 is 1.44 bits per heavy atom. The van der Waals surface area contributed by atoms with Gasteiger partial charge in [-0.2, -0.15) is 0 Å². The highest BCUT2D eigenvalue weighted by atomic mass is 15.2. The molecule has 0 aromatic carbocycles. The summed E-state index contributed by atoms with van der Waals surface area (Å²) < 4.78 is 0. The van der Waals surface area contributed by atoms with Crippen molar-refractivity contribution in [2.24, 2.45) is 17.2 Å². The highest BCUT2D eigenvalue weighted by Gasteiger charge is 2.32. The van der Waals surface area contributed by atoms with Crippen LogP contribution in [0.2, 0.25) is 0 Å². The van der Waals surface area contributed by atoms with E-state index in [4.69, 9.17) is 17.2 Å². The lowest BCUT2D eigenvalue weighted by Gasteiger charge is -2.37. The van der Waals surface area contributed by atoms with E-state index >= 15 is 0 Å². The van der Waals surface area contributed by atoms with Gasteiger partial charge in [-0.25, -0.2) is 0 Å². The maximum Gasteiger partial charge on any atom is 0.0946 e. The van der Waals surface area contributed by atoms with E-state index in [2.05, 4.69) is 5.32 Å². The second-order valence-corrected chi connectivity index (χ2v) is 2.74. The van der Waals surface area contributed by atoms with E-state index in [1.807, 2.05) is 0 Å². The van der Waals surface area contributed by atoms with Crippen molar-refractivity contribution in [3.05, 3.63) is 0 Å². The maximum absolute atomic E-state index is 5.63. The summed E-state index contributed by atoms with van der Waals surface area (Å²) in [6, 6.07) is 0. The molecule has 0 aromatic heterocycles. The fraction of sp³-hybridized carbons (Fsp3) is 1.00. The Bertz CT molecular complexity index is 91.6. The molecular weight excluding hydrogens is 116 g/mol. The summed E-state index contributed by atoms with van der Waals surface area (Å²) in [6.45, 7) is 3.41. The van der Waals surface area contributed by atoms with Crippen molar-refractivity contribution in [1.29, 1.82) is 0 Å². The molecule has 0 aliphatic carbocycles. The van der Waals surface area contributed by atoms with Crippen LogP contribution in [-0.4, -0.2) is 18.4 Å². The average molecular weight is 132 g/mol. The van der Waals surface area contributed by atoms with Crippen molar-refractivity contribution in [2.45, 2.75) is 25.2 Å². The summed E-state index contributed by atoms with van der Waals surface area (Å²) >= 11 is 0. The summed E-state index contributed by atoms with van der Waals surface area (Å²) in [6.07, 6.45) is 0. The molecule has 1 unspecified atom stereocenters. The van der Waals surface area contributed by atoms with Crippen molar-refractivity contribution in [1.82, 2.24) is 5.32 Å². The molecule has 0 saturated carbocycles. The molecule has 0 radical (unpaired) electrons. The minimum absolute atomic E-state index is 0.715. The number of hydrogen-bond donors (Lipinski definition) is 4. The normalized spacial score (nSPS) is 19.3. The summed E-state index contributed by atoms with van der Waals surface area (Å²) in [5.41, 5.74) is 15.1. The highest BCUT2D eigenvalue weighted by molar-refractivity contribution is 4.93. The van der Waals surface area contributed by atoms with Gasteiger partial charge in [0.1, 0.15) is 0 Å². The SMILES string of the molecule is CNC(C)(N)C(C)(N)N. The van der Waals surface area contributed by atoms with Gasteiger partial charge in [0.25, 0.3) is 0 Å². The first kappa shape index (κ1) is 8.84. The molecule has 0 amide bonds. The van der Waals surface area contributed by atoms with E-state index in [9.17, 15) is 0 Å². The van der Waals surface area contributed by atoms with Crippen molar-refractivity contribution >= 4 is 0 Å². The van der Waals surface area contributed by atoms with Gasteiger partial charge in [-0.3, -0.25) is 0 Å². The molecule has 0 aliphatic rings. The molecule has 4 nitrogen and oxygen atoms in total. The van der Waals surface area contributed by atoms with Crippen molar-refractivity contribution in [2.75, 3.05) is 7.05 Å². The van der Waals surface area contributed by atoms with Crippen molar-refractivity contribution in [3.8, 4) is 0 Å². The third kappa shape index (κ3) is 1.91. The van der Waals surface area contributed by atoms with Gasteiger partial charge in [0.05, 0.1) is 11.3 Å². The Hall–Kier alpha value is -0.160. The van der Waals surface area contributed by atoms with Gasteiger partial charge in [0.15, 0.2) is 0 Å². The lowest BCUT2D eigenvalue weighted by Crippen LogP contribution is -2.73. The molecule has 0 fully saturated rings. The largest absolute Gasteiger partial charge is 0.311 e. The summed E-state index contributed by atoms with van der Waals surface area (Å²) in [5.74, 6) is 0. The number of rotatable bonds is 2. The summed E-state index contributed by atoms with van der Waals surface area (Å²) in [5, 5.41) is 2.81. The highest BCUT2D eigenvalue weighted by Crippen LogP contribution is 2.04.